The summed E-state index contributed by atoms with van der Waals surface area (Å²) in [5.74, 6) is -1.72. The number of halogens is 6. The van der Waals surface area contributed by atoms with Crippen molar-refractivity contribution in [2.24, 2.45) is 0 Å². The van der Waals surface area contributed by atoms with Gasteiger partial charge in [0.2, 0.25) is 5.91 Å². The van der Waals surface area contributed by atoms with Crippen LogP contribution in [0.15, 0.2) is 36.4 Å². The Balaban J connectivity index is 2.21. The van der Waals surface area contributed by atoms with Crippen molar-refractivity contribution in [1.29, 1.82) is 0 Å². The molecule has 1 aromatic carbocycles. The molecule has 11 heteroatoms. The summed E-state index contributed by atoms with van der Waals surface area (Å²) in [6.07, 6.45) is -7.84. The van der Waals surface area contributed by atoms with E-state index < -0.39 is 41.4 Å². The smallest absolute Gasteiger partial charge is 0.416 e. The number of hydrogen-bond donors (Lipinski definition) is 1. The van der Waals surface area contributed by atoms with Gasteiger partial charge in [-0.1, -0.05) is 12.1 Å². The van der Waals surface area contributed by atoms with Crippen molar-refractivity contribution in [1.82, 2.24) is 5.32 Å². The first-order valence-electron chi connectivity index (χ1n) is 8.83. The molecule has 0 saturated carbocycles. The number of esters is 1. The van der Waals surface area contributed by atoms with Crippen LogP contribution >= 0.6 is 11.3 Å². The van der Waals surface area contributed by atoms with Crippen molar-refractivity contribution in [3.8, 4) is 0 Å². The summed E-state index contributed by atoms with van der Waals surface area (Å²) in [6.45, 7) is 3.43. The Morgan fingerprint density at radius 1 is 1.16 bits per heavy atom. The summed E-state index contributed by atoms with van der Waals surface area (Å²) in [5.41, 5.74) is -1.44. The van der Waals surface area contributed by atoms with Crippen LogP contribution in [0.2, 0.25) is 0 Å². The number of benzene rings is 1. The first kappa shape index (κ1) is 24.4. The van der Waals surface area contributed by atoms with Gasteiger partial charge in [-0.15, -0.1) is 11.3 Å². The van der Waals surface area contributed by atoms with Crippen LogP contribution in [-0.2, 0) is 15.7 Å². The molecular formula is C20H17F6NO3S. The minimum absolute atomic E-state index is 0.165. The van der Waals surface area contributed by atoms with Gasteiger partial charge in [0.25, 0.3) is 0 Å². The Labute approximate surface area is 177 Å². The number of ether oxygens (including phenoxy) is 1. The molecule has 1 atom stereocenters. The average Bonchev–Trinajstić information content (AvgIpc) is 3.04. The zero-order valence-electron chi connectivity index (χ0n) is 16.2. The van der Waals surface area contributed by atoms with E-state index in [0.717, 1.165) is 29.5 Å². The number of alkyl halides is 6. The highest BCUT2D eigenvalue weighted by atomic mass is 32.1. The van der Waals surface area contributed by atoms with E-state index in [1.54, 1.807) is 25.2 Å². The van der Waals surface area contributed by atoms with E-state index in [4.69, 9.17) is 4.74 Å². The Morgan fingerprint density at radius 2 is 1.84 bits per heavy atom. The summed E-state index contributed by atoms with van der Waals surface area (Å²) in [5, 5.41) is 1.68. The molecule has 1 unspecified atom stereocenters. The van der Waals surface area contributed by atoms with Crippen molar-refractivity contribution >= 4 is 29.3 Å². The van der Waals surface area contributed by atoms with Crippen LogP contribution in [0.25, 0.3) is 6.08 Å². The highest BCUT2D eigenvalue weighted by molar-refractivity contribution is 7.15. The van der Waals surface area contributed by atoms with E-state index in [0.29, 0.717) is 27.5 Å². The molecule has 31 heavy (non-hydrogen) atoms. The zero-order chi connectivity index (χ0) is 23.4. The maximum atomic E-state index is 13.4. The van der Waals surface area contributed by atoms with Gasteiger partial charge in [-0.2, -0.15) is 26.3 Å². The van der Waals surface area contributed by atoms with Gasteiger partial charge in [-0.05, 0) is 49.2 Å². The van der Waals surface area contributed by atoms with Crippen molar-refractivity contribution in [2.45, 2.75) is 32.2 Å². The molecule has 0 aliphatic carbocycles. The number of thiophene rings is 1. The predicted octanol–water partition coefficient (Wildman–Crippen LogP) is 5.69. The first-order valence-corrected chi connectivity index (χ1v) is 9.64. The summed E-state index contributed by atoms with van der Waals surface area (Å²) in [6, 6.07) is 1.59. The standard InChI is InChI=1S/C20H17F6NO3S/c1-3-30-18(29)16-11(2)9-14(31-16)7-8-15(28)27-17(20(24,25)26)12-5-4-6-13(10-12)19(21,22)23/h4-10,17H,3H2,1-2H3,(H,27,28). The number of amides is 1. The number of carbonyl (C=O) groups is 2. The molecule has 1 heterocycles. The molecule has 4 nitrogen and oxygen atoms in total. The minimum atomic E-state index is -5.02. The van der Waals surface area contributed by atoms with Crippen LogP contribution in [0.1, 0.15) is 44.2 Å². The highest BCUT2D eigenvalue weighted by Gasteiger charge is 2.42. The number of aryl methyl sites for hydroxylation is 1. The van der Waals surface area contributed by atoms with E-state index in [-0.39, 0.29) is 6.61 Å². The average molecular weight is 465 g/mol. The fourth-order valence-corrected chi connectivity index (χ4v) is 3.55. The lowest BCUT2D eigenvalue weighted by molar-refractivity contribution is -0.162. The number of hydrogen-bond acceptors (Lipinski definition) is 4. The largest absolute Gasteiger partial charge is 0.462 e. The summed E-state index contributed by atoms with van der Waals surface area (Å²) >= 11 is 0.986. The van der Waals surface area contributed by atoms with E-state index in [1.807, 2.05) is 0 Å². The Bertz CT molecular complexity index is 978. The molecule has 1 N–H and O–H groups in total. The fraction of sp³-hybridized carbons (Fsp3) is 0.300. The predicted molar refractivity (Wildman–Crippen MR) is 102 cm³/mol. The molecule has 1 amide bonds. The molecule has 0 fully saturated rings. The summed E-state index contributed by atoms with van der Waals surface area (Å²) < 4.78 is 83.6. The summed E-state index contributed by atoms with van der Waals surface area (Å²) in [4.78, 5) is 24.6. The van der Waals surface area contributed by atoms with Crippen LogP contribution < -0.4 is 5.32 Å². The maximum absolute atomic E-state index is 13.4. The van der Waals surface area contributed by atoms with Gasteiger partial charge in [0.05, 0.1) is 12.2 Å². The zero-order valence-corrected chi connectivity index (χ0v) is 17.0. The van der Waals surface area contributed by atoms with Crippen LogP contribution in [-0.4, -0.2) is 24.7 Å². The molecule has 0 aliphatic rings. The minimum Gasteiger partial charge on any atom is -0.462 e. The topological polar surface area (TPSA) is 55.4 Å². The van der Waals surface area contributed by atoms with E-state index in [9.17, 15) is 35.9 Å². The second-order valence-electron chi connectivity index (χ2n) is 6.32. The second kappa shape index (κ2) is 9.54. The normalized spacial score (nSPS) is 13.3. The molecule has 0 spiro atoms. The summed E-state index contributed by atoms with van der Waals surface area (Å²) in [7, 11) is 0. The van der Waals surface area contributed by atoms with Crippen LogP contribution in [0, 0.1) is 6.92 Å². The van der Waals surface area contributed by atoms with Gasteiger partial charge < -0.3 is 10.1 Å². The third-order valence-corrected chi connectivity index (χ3v) is 5.14. The molecule has 168 valence electrons. The third-order valence-electron chi connectivity index (χ3n) is 3.96. The van der Waals surface area contributed by atoms with Gasteiger partial charge in [-0.25, -0.2) is 4.79 Å². The molecule has 0 aliphatic heterocycles. The highest BCUT2D eigenvalue weighted by Crippen LogP contribution is 2.36. The first-order chi connectivity index (χ1) is 14.3. The number of rotatable bonds is 6. The van der Waals surface area contributed by atoms with E-state index >= 15 is 0 Å². The second-order valence-corrected chi connectivity index (χ2v) is 7.40. The van der Waals surface area contributed by atoms with Crippen molar-refractivity contribution in [3.63, 3.8) is 0 Å². The van der Waals surface area contributed by atoms with Gasteiger partial charge in [-0.3, -0.25) is 4.79 Å². The van der Waals surface area contributed by atoms with Gasteiger partial charge >= 0.3 is 18.3 Å². The lowest BCUT2D eigenvalue weighted by Gasteiger charge is -2.22. The number of nitrogens with one attached hydrogen (secondary N) is 1. The molecule has 1 aromatic heterocycles. The lowest BCUT2D eigenvalue weighted by Crippen LogP contribution is -2.37. The quantitative estimate of drug-likeness (QED) is 0.339. The molecule has 2 aromatic rings. The monoisotopic (exact) mass is 465 g/mol. The number of carbonyl (C=O) groups excluding carboxylic acids is 2. The third kappa shape index (κ3) is 6.58. The van der Waals surface area contributed by atoms with Crippen molar-refractivity contribution in [3.05, 3.63) is 62.9 Å². The fourth-order valence-electron chi connectivity index (χ4n) is 2.59. The maximum Gasteiger partial charge on any atom is 0.416 e. The molecular weight excluding hydrogens is 448 g/mol. The van der Waals surface area contributed by atoms with E-state index in [1.165, 1.54) is 6.08 Å². The lowest BCUT2D eigenvalue weighted by atomic mass is 10.0. The van der Waals surface area contributed by atoms with Gasteiger partial charge in [0.15, 0.2) is 6.04 Å². The van der Waals surface area contributed by atoms with Gasteiger partial charge in [0.1, 0.15) is 4.88 Å². The molecule has 0 saturated heterocycles. The Morgan fingerprint density at radius 3 is 2.42 bits per heavy atom. The molecule has 0 bridgehead atoms. The van der Waals surface area contributed by atoms with Crippen molar-refractivity contribution in [2.75, 3.05) is 6.61 Å². The van der Waals surface area contributed by atoms with Gasteiger partial charge in [0, 0.05) is 11.0 Å². The SMILES string of the molecule is CCOC(=O)c1sc(C=CC(=O)NC(c2cccc(C(F)(F)F)c2)C(F)(F)F)cc1C. The molecule has 2 rings (SSSR count). The molecule has 0 radical (unpaired) electrons. The van der Waals surface area contributed by atoms with Crippen LogP contribution in [0.3, 0.4) is 0 Å². The van der Waals surface area contributed by atoms with Crippen LogP contribution in [0.4, 0.5) is 26.3 Å². The van der Waals surface area contributed by atoms with Crippen molar-refractivity contribution < 1.29 is 40.7 Å². The van der Waals surface area contributed by atoms with Crippen LogP contribution in [0.5, 0.6) is 0 Å². The Hall–Kier alpha value is -2.82. The van der Waals surface area contributed by atoms with E-state index in [2.05, 4.69) is 0 Å². The Kier molecular flexibility index (Phi) is 7.53.